The van der Waals surface area contributed by atoms with Gasteiger partial charge < -0.3 is 14.7 Å². The second-order valence-electron chi connectivity index (χ2n) is 7.06. The summed E-state index contributed by atoms with van der Waals surface area (Å²) in [7, 11) is 0. The molecule has 7 nitrogen and oxygen atoms in total. The first-order chi connectivity index (χ1) is 12.0. The van der Waals surface area contributed by atoms with Gasteiger partial charge in [0.1, 0.15) is 5.76 Å². The fourth-order valence-electron chi connectivity index (χ4n) is 3.64. The molecule has 1 N–H and O–H groups in total. The lowest BCUT2D eigenvalue weighted by Gasteiger charge is -2.33. The standard InChI is InChI=1S/C18H27N5O2/c1-12-8-20-23(10-12)16-6-5-7-22(11-16)18(24)19-9-13(2)17-14(3)21-25-15(17)4/h8,10,13,16H,5-7,9,11H2,1-4H3,(H,19,24)/t13-,16+/m0/s1. The SMILES string of the molecule is Cc1cnn([C@@H]2CCCN(C(=O)NC[C@H](C)c3c(C)noc3C)C2)c1. The van der Waals surface area contributed by atoms with Gasteiger partial charge in [0.2, 0.25) is 0 Å². The number of nitrogens with one attached hydrogen (secondary N) is 1. The zero-order chi connectivity index (χ0) is 18.0. The summed E-state index contributed by atoms with van der Waals surface area (Å²) in [5.74, 6) is 0.996. The highest BCUT2D eigenvalue weighted by Crippen LogP contribution is 2.23. The molecule has 25 heavy (non-hydrogen) atoms. The fraction of sp³-hybridized carbons (Fsp3) is 0.611. The van der Waals surface area contributed by atoms with Gasteiger partial charge in [-0.2, -0.15) is 5.10 Å². The Bertz CT molecular complexity index is 716. The van der Waals surface area contributed by atoms with E-state index in [0.717, 1.165) is 42.0 Å². The molecule has 2 aromatic rings. The summed E-state index contributed by atoms with van der Waals surface area (Å²) in [6.07, 6.45) is 5.96. The predicted molar refractivity (Wildman–Crippen MR) is 94.6 cm³/mol. The minimum atomic E-state index is -0.00723. The van der Waals surface area contributed by atoms with Crippen LogP contribution >= 0.6 is 0 Å². The molecule has 2 aromatic heterocycles. The van der Waals surface area contributed by atoms with Crippen molar-refractivity contribution < 1.29 is 9.32 Å². The summed E-state index contributed by atoms with van der Waals surface area (Å²) in [6.45, 7) is 10.0. The van der Waals surface area contributed by atoms with Gasteiger partial charge in [-0.1, -0.05) is 12.1 Å². The highest BCUT2D eigenvalue weighted by atomic mass is 16.5. The number of aryl methyl sites for hydroxylation is 3. The molecule has 7 heteroatoms. The van der Waals surface area contributed by atoms with Crippen LogP contribution in [-0.2, 0) is 0 Å². The van der Waals surface area contributed by atoms with Gasteiger partial charge in [-0.15, -0.1) is 0 Å². The lowest BCUT2D eigenvalue weighted by molar-refractivity contribution is 0.163. The molecular weight excluding hydrogens is 318 g/mol. The molecule has 1 saturated heterocycles. The Labute approximate surface area is 148 Å². The van der Waals surface area contributed by atoms with Crippen molar-refractivity contribution in [2.75, 3.05) is 19.6 Å². The number of aromatic nitrogens is 3. The first kappa shape index (κ1) is 17.5. The third kappa shape index (κ3) is 3.86. The van der Waals surface area contributed by atoms with Gasteiger partial charge in [0, 0.05) is 37.3 Å². The number of amides is 2. The largest absolute Gasteiger partial charge is 0.361 e. The number of urea groups is 1. The van der Waals surface area contributed by atoms with E-state index in [-0.39, 0.29) is 18.0 Å². The first-order valence-electron chi connectivity index (χ1n) is 8.92. The second kappa shape index (κ2) is 7.29. The molecule has 0 aliphatic carbocycles. The predicted octanol–water partition coefficient (Wildman–Crippen LogP) is 2.95. The van der Waals surface area contributed by atoms with Crippen molar-refractivity contribution in [3.05, 3.63) is 35.0 Å². The monoisotopic (exact) mass is 345 g/mol. The highest BCUT2D eigenvalue weighted by Gasteiger charge is 2.26. The van der Waals surface area contributed by atoms with Crippen molar-refractivity contribution >= 4 is 6.03 Å². The number of likely N-dealkylation sites (tertiary alicyclic amines) is 1. The van der Waals surface area contributed by atoms with E-state index in [9.17, 15) is 4.79 Å². The number of hydrogen-bond donors (Lipinski definition) is 1. The lowest BCUT2D eigenvalue weighted by atomic mass is 9.99. The molecule has 136 valence electrons. The normalized spacial score (nSPS) is 19.0. The minimum absolute atomic E-state index is 0.00723. The maximum Gasteiger partial charge on any atom is 0.317 e. The van der Waals surface area contributed by atoms with Crippen LogP contribution in [0.15, 0.2) is 16.9 Å². The topological polar surface area (TPSA) is 76.2 Å². The van der Waals surface area contributed by atoms with E-state index in [1.165, 1.54) is 0 Å². The smallest absolute Gasteiger partial charge is 0.317 e. The van der Waals surface area contributed by atoms with Gasteiger partial charge in [-0.05, 0) is 39.2 Å². The number of piperidine rings is 1. The molecule has 2 amide bonds. The van der Waals surface area contributed by atoms with E-state index in [1.807, 2.05) is 42.7 Å². The van der Waals surface area contributed by atoms with Crippen molar-refractivity contribution in [1.29, 1.82) is 0 Å². The molecule has 1 aliphatic heterocycles. The van der Waals surface area contributed by atoms with Crippen LogP contribution in [0, 0.1) is 20.8 Å². The van der Waals surface area contributed by atoms with E-state index in [0.29, 0.717) is 13.1 Å². The van der Waals surface area contributed by atoms with E-state index in [1.54, 1.807) is 0 Å². The molecule has 1 aliphatic rings. The summed E-state index contributed by atoms with van der Waals surface area (Å²) in [5, 5.41) is 11.5. The Morgan fingerprint density at radius 3 is 2.88 bits per heavy atom. The van der Waals surface area contributed by atoms with E-state index >= 15 is 0 Å². The molecule has 3 rings (SSSR count). The quantitative estimate of drug-likeness (QED) is 0.924. The van der Waals surface area contributed by atoms with Crippen LogP contribution in [0.25, 0.3) is 0 Å². The molecule has 0 aromatic carbocycles. The molecule has 1 fully saturated rings. The Morgan fingerprint density at radius 2 is 2.24 bits per heavy atom. The average Bonchev–Trinajstić information content (AvgIpc) is 3.18. The minimum Gasteiger partial charge on any atom is -0.361 e. The first-order valence-corrected chi connectivity index (χ1v) is 8.92. The van der Waals surface area contributed by atoms with Gasteiger partial charge in [-0.25, -0.2) is 4.79 Å². The van der Waals surface area contributed by atoms with E-state index in [2.05, 4.69) is 22.5 Å². The zero-order valence-corrected chi connectivity index (χ0v) is 15.5. The van der Waals surface area contributed by atoms with Gasteiger partial charge in [0.15, 0.2) is 0 Å². The van der Waals surface area contributed by atoms with Crippen LogP contribution in [-0.4, -0.2) is 45.5 Å². The van der Waals surface area contributed by atoms with Crippen molar-refractivity contribution in [3.63, 3.8) is 0 Å². The van der Waals surface area contributed by atoms with Gasteiger partial charge in [0.05, 0.1) is 17.9 Å². The summed E-state index contributed by atoms with van der Waals surface area (Å²) >= 11 is 0. The fourth-order valence-corrected chi connectivity index (χ4v) is 3.64. The van der Waals surface area contributed by atoms with Crippen molar-refractivity contribution in [2.45, 2.75) is 52.5 Å². The number of carbonyl (C=O) groups excluding carboxylic acids is 1. The maximum atomic E-state index is 12.6. The van der Waals surface area contributed by atoms with Crippen LogP contribution in [0.2, 0.25) is 0 Å². The summed E-state index contributed by atoms with van der Waals surface area (Å²) < 4.78 is 7.21. The average molecular weight is 345 g/mol. The second-order valence-corrected chi connectivity index (χ2v) is 7.06. The Kier molecular flexibility index (Phi) is 5.11. The van der Waals surface area contributed by atoms with Gasteiger partial charge in [0.25, 0.3) is 0 Å². The van der Waals surface area contributed by atoms with Crippen LogP contribution in [0.5, 0.6) is 0 Å². The van der Waals surface area contributed by atoms with Crippen molar-refractivity contribution in [2.24, 2.45) is 0 Å². The molecule has 0 bridgehead atoms. The van der Waals surface area contributed by atoms with Crippen LogP contribution < -0.4 is 5.32 Å². The summed E-state index contributed by atoms with van der Waals surface area (Å²) in [6, 6.07) is 0.250. The number of nitrogens with zero attached hydrogens (tertiary/aromatic N) is 4. The highest BCUT2D eigenvalue weighted by molar-refractivity contribution is 5.74. The van der Waals surface area contributed by atoms with Crippen molar-refractivity contribution in [3.8, 4) is 0 Å². The Hall–Kier alpha value is -2.31. The number of carbonyl (C=O) groups is 1. The summed E-state index contributed by atoms with van der Waals surface area (Å²) in [4.78, 5) is 14.5. The third-order valence-corrected chi connectivity index (χ3v) is 4.93. The van der Waals surface area contributed by atoms with E-state index in [4.69, 9.17) is 4.52 Å². The summed E-state index contributed by atoms with van der Waals surface area (Å²) in [5.41, 5.74) is 3.13. The molecule has 0 saturated carbocycles. The number of rotatable bonds is 4. The molecule has 0 unspecified atom stereocenters. The van der Waals surface area contributed by atoms with Crippen molar-refractivity contribution in [1.82, 2.24) is 25.2 Å². The Morgan fingerprint density at radius 1 is 1.44 bits per heavy atom. The molecule has 3 heterocycles. The maximum absolute atomic E-state index is 12.6. The third-order valence-electron chi connectivity index (χ3n) is 4.93. The van der Waals surface area contributed by atoms with Crippen LogP contribution in [0.1, 0.15) is 54.3 Å². The van der Waals surface area contributed by atoms with Gasteiger partial charge in [-0.3, -0.25) is 4.68 Å². The Balaban J connectivity index is 1.56. The molecule has 0 spiro atoms. The van der Waals surface area contributed by atoms with E-state index < -0.39 is 0 Å². The van der Waals surface area contributed by atoms with Gasteiger partial charge >= 0.3 is 6.03 Å². The lowest BCUT2D eigenvalue weighted by Crippen LogP contribution is -2.46. The van der Waals surface area contributed by atoms with Crippen LogP contribution in [0.3, 0.4) is 0 Å². The zero-order valence-electron chi connectivity index (χ0n) is 15.5. The molecular formula is C18H27N5O2. The number of hydrogen-bond acceptors (Lipinski definition) is 4. The molecule has 2 atom stereocenters. The van der Waals surface area contributed by atoms with Crippen LogP contribution in [0.4, 0.5) is 4.79 Å². The molecule has 0 radical (unpaired) electrons.